The van der Waals surface area contributed by atoms with Crippen LogP contribution in [0.2, 0.25) is 0 Å². The lowest BCUT2D eigenvalue weighted by Crippen LogP contribution is -2.48. The molecule has 3 amide bonds. The lowest BCUT2D eigenvalue weighted by molar-refractivity contribution is -0.126. The van der Waals surface area contributed by atoms with E-state index in [0.29, 0.717) is 0 Å². The van der Waals surface area contributed by atoms with Gasteiger partial charge in [0.05, 0.1) is 13.1 Å². The Kier molecular flexibility index (Phi) is 6.73. The molecule has 8 heteroatoms. The van der Waals surface area contributed by atoms with Gasteiger partial charge >= 0.3 is 6.09 Å². The van der Waals surface area contributed by atoms with E-state index in [9.17, 15) is 14.4 Å². The highest BCUT2D eigenvalue weighted by Gasteiger charge is 2.16. The van der Waals surface area contributed by atoms with Gasteiger partial charge in [-0.05, 0) is 27.8 Å². The van der Waals surface area contributed by atoms with Crippen LogP contribution >= 0.6 is 0 Å². The maximum atomic E-state index is 11.2. The highest BCUT2D eigenvalue weighted by molar-refractivity contribution is 5.86. The van der Waals surface area contributed by atoms with Crippen molar-refractivity contribution in [2.24, 2.45) is 0 Å². The SMILES string of the molecule is CNCC(=O)NCC(=O)NNC(=O)OC(C)(C)C. The quantitative estimate of drug-likeness (QED) is 0.479. The van der Waals surface area contributed by atoms with Crippen molar-refractivity contribution < 1.29 is 19.1 Å². The number of hydrogen-bond donors (Lipinski definition) is 4. The molecule has 0 aromatic heterocycles. The van der Waals surface area contributed by atoms with Crippen molar-refractivity contribution in [2.45, 2.75) is 26.4 Å². The van der Waals surface area contributed by atoms with Crippen LogP contribution < -0.4 is 21.5 Å². The van der Waals surface area contributed by atoms with Gasteiger partial charge in [0, 0.05) is 0 Å². The minimum atomic E-state index is -0.766. The Morgan fingerprint density at radius 2 is 1.61 bits per heavy atom. The molecule has 0 aliphatic carbocycles. The van der Waals surface area contributed by atoms with Crippen molar-refractivity contribution in [3.8, 4) is 0 Å². The molecule has 0 aromatic rings. The van der Waals surface area contributed by atoms with E-state index in [2.05, 4.69) is 21.5 Å². The summed E-state index contributed by atoms with van der Waals surface area (Å²) in [6.45, 7) is 4.99. The minimum absolute atomic E-state index is 0.118. The third-order valence-corrected chi connectivity index (χ3v) is 1.49. The van der Waals surface area contributed by atoms with E-state index >= 15 is 0 Å². The van der Waals surface area contributed by atoms with E-state index in [1.165, 1.54) is 0 Å². The first kappa shape index (κ1) is 16.2. The fourth-order valence-corrected chi connectivity index (χ4v) is 0.870. The van der Waals surface area contributed by atoms with Crippen LogP contribution in [-0.2, 0) is 14.3 Å². The van der Waals surface area contributed by atoms with Gasteiger partial charge in [0.15, 0.2) is 0 Å². The van der Waals surface area contributed by atoms with Crippen molar-refractivity contribution in [3.63, 3.8) is 0 Å². The molecule has 0 saturated heterocycles. The lowest BCUT2D eigenvalue weighted by Gasteiger charge is -2.19. The van der Waals surface area contributed by atoms with E-state index in [-0.39, 0.29) is 19.0 Å². The highest BCUT2D eigenvalue weighted by atomic mass is 16.6. The molecule has 8 nitrogen and oxygen atoms in total. The summed E-state index contributed by atoms with van der Waals surface area (Å²) in [4.78, 5) is 33.4. The number of hydrazine groups is 1. The number of likely N-dealkylation sites (N-methyl/N-ethyl adjacent to an activating group) is 1. The van der Waals surface area contributed by atoms with Gasteiger partial charge in [-0.2, -0.15) is 0 Å². The van der Waals surface area contributed by atoms with Gasteiger partial charge in [-0.25, -0.2) is 10.2 Å². The molecule has 0 radical (unpaired) electrons. The molecule has 0 aliphatic rings. The molecule has 18 heavy (non-hydrogen) atoms. The molecular weight excluding hydrogens is 240 g/mol. The zero-order valence-electron chi connectivity index (χ0n) is 11.0. The Labute approximate surface area is 106 Å². The molecule has 0 bridgehead atoms. The fourth-order valence-electron chi connectivity index (χ4n) is 0.870. The topological polar surface area (TPSA) is 109 Å². The van der Waals surface area contributed by atoms with Crippen LogP contribution in [-0.4, -0.2) is 43.6 Å². The van der Waals surface area contributed by atoms with Crippen molar-refractivity contribution in [1.29, 1.82) is 0 Å². The Balaban J connectivity index is 3.77. The average Bonchev–Trinajstić information content (AvgIpc) is 2.21. The Morgan fingerprint density at radius 3 is 2.11 bits per heavy atom. The summed E-state index contributed by atoms with van der Waals surface area (Å²) < 4.78 is 4.89. The molecule has 0 saturated carbocycles. The second-order valence-corrected chi connectivity index (χ2v) is 4.48. The van der Waals surface area contributed by atoms with E-state index < -0.39 is 17.6 Å². The van der Waals surface area contributed by atoms with Gasteiger partial charge in [0.25, 0.3) is 5.91 Å². The van der Waals surface area contributed by atoms with Crippen LogP contribution in [0.5, 0.6) is 0 Å². The van der Waals surface area contributed by atoms with Crippen molar-refractivity contribution in [3.05, 3.63) is 0 Å². The molecule has 0 aliphatic heterocycles. The molecule has 0 unspecified atom stereocenters. The van der Waals surface area contributed by atoms with E-state index in [1.807, 2.05) is 0 Å². The molecule has 104 valence electrons. The summed E-state index contributed by atoms with van der Waals surface area (Å²) in [6.07, 6.45) is -0.766. The van der Waals surface area contributed by atoms with E-state index in [4.69, 9.17) is 4.74 Å². The summed E-state index contributed by atoms with van der Waals surface area (Å²) in [5, 5.41) is 4.98. The van der Waals surface area contributed by atoms with Crippen LogP contribution in [0, 0.1) is 0 Å². The molecular formula is C10H20N4O4. The summed E-state index contributed by atoms with van der Waals surface area (Å²) in [6, 6.07) is 0. The Bertz CT molecular complexity index is 311. The van der Waals surface area contributed by atoms with E-state index in [0.717, 1.165) is 0 Å². The summed E-state index contributed by atoms with van der Waals surface area (Å²) >= 11 is 0. The molecule has 0 rings (SSSR count). The molecule has 0 fully saturated rings. The maximum Gasteiger partial charge on any atom is 0.426 e. The van der Waals surface area contributed by atoms with Gasteiger partial charge in [-0.3, -0.25) is 15.0 Å². The van der Waals surface area contributed by atoms with Gasteiger partial charge in [0.1, 0.15) is 5.60 Å². The number of amides is 3. The maximum absolute atomic E-state index is 11.2. The van der Waals surface area contributed by atoms with Gasteiger partial charge in [0.2, 0.25) is 5.91 Å². The zero-order chi connectivity index (χ0) is 14.2. The predicted octanol–water partition coefficient (Wildman–Crippen LogP) is -1.12. The number of nitrogens with one attached hydrogen (secondary N) is 4. The zero-order valence-corrected chi connectivity index (χ0v) is 11.0. The number of carbonyl (C=O) groups excluding carboxylic acids is 3. The second kappa shape index (κ2) is 7.49. The first-order valence-corrected chi connectivity index (χ1v) is 5.43. The number of carbonyl (C=O) groups is 3. The lowest BCUT2D eigenvalue weighted by atomic mass is 10.2. The van der Waals surface area contributed by atoms with Gasteiger partial charge in [-0.15, -0.1) is 0 Å². The van der Waals surface area contributed by atoms with Crippen LogP contribution in [0.25, 0.3) is 0 Å². The molecule has 0 spiro atoms. The monoisotopic (exact) mass is 260 g/mol. The first-order valence-electron chi connectivity index (χ1n) is 5.43. The standard InChI is InChI=1S/C10H20N4O4/c1-10(2,3)18-9(17)14-13-8(16)6-12-7(15)5-11-4/h11H,5-6H2,1-4H3,(H,12,15)(H,13,16)(H,14,17). The molecule has 0 atom stereocenters. The van der Waals surface area contributed by atoms with Gasteiger partial charge in [-0.1, -0.05) is 0 Å². The fraction of sp³-hybridized carbons (Fsp3) is 0.700. The van der Waals surface area contributed by atoms with E-state index in [1.54, 1.807) is 27.8 Å². The first-order chi connectivity index (χ1) is 8.24. The number of hydrogen-bond acceptors (Lipinski definition) is 5. The summed E-state index contributed by atoms with van der Waals surface area (Å²) in [7, 11) is 1.61. The second-order valence-electron chi connectivity index (χ2n) is 4.48. The Morgan fingerprint density at radius 1 is 1.00 bits per heavy atom. The van der Waals surface area contributed by atoms with Crippen molar-refractivity contribution >= 4 is 17.9 Å². The van der Waals surface area contributed by atoms with Crippen LogP contribution in [0.3, 0.4) is 0 Å². The predicted molar refractivity (Wildman–Crippen MR) is 64.4 cm³/mol. The third kappa shape index (κ3) is 9.40. The molecule has 0 aromatic carbocycles. The number of ether oxygens (including phenoxy) is 1. The van der Waals surface area contributed by atoms with Crippen molar-refractivity contribution in [2.75, 3.05) is 20.1 Å². The minimum Gasteiger partial charge on any atom is -0.443 e. The molecule has 4 N–H and O–H groups in total. The smallest absolute Gasteiger partial charge is 0.426 e. The molecule has 0 heterocycles. The van der Waals surface area contributed by atoms with Crippen LogP contribution in [0.4, 0.5) is 4.79 Å². The summed E-state index contributed by atoms with van der Waals surface area (Å²) in [5.74, 6) is -0.866. The van der Waals surface area contributed by atoms with Crippen LogP contribution in [0.15, 0.2) is 0 Å². The highest BCUT2D eigenvalue weighted by Crippen LogP contribution is 2.05. The normalized spacial score (nSPS) is 10.4. The summed E-state index contributed by atoms with van der Waals surface area (Å²) in [5.41, 5.74) is 3.53. The average molecular weight is 260 g/mol. The number of rotatable bonds is 4. The van der Waals surface area contributed by atoms with Crippen LogP contribution in [0.1, 0.15) is 20.8 Å². The van der Waals surface area contributed by atoms with Crippen molar-refractivity contribution in [1.82, 2.24) is 21.5 Å². The largest absolute Gasteiger partial charge is 0.443 e. The Hall–Kier alpha value is -1.83. The third-order valence-electron chi connectivity index (χ3n) is 1.49. The van der Waals surface area contributed by atoms with Gasteiger partial charge < -0.3 is 15.4 Å².